The van der Waals surface area contributed by atoms with Crippen LogP contribution in [0.1, 0.15) is 30.2 Å². The van der Waals surface area contributed by atoms with E-state index in [-0.39, 0.29) is 0 Å². The number of nitrogens with one attached hydrogen (secondary N) is 1. The van der Waals surface area contributed by atoms with Gasteiger partial charge in [-0.2, -0.15) is 5.26 Å². The second-order valence-corrected chi connectivity index (χ2v) is 4.77. The molecule has 1 fully saturated rings. The van der Waals surface area contributed by atoms with E-state index in [2.05, 4.69) is 23.3 Å². The Labute approximate surface area is 96.5 Å². The molecule has 0 aromatic carbocycles. The van der Waals surface area contributed by atoms with Crippen LogP contribution in [0.2, 0.25) is 0 Å². The highest BCUT2D eigenvalue weighted by Gasteiger charge is 2.32. The van der Waals surface area contributed by atoms with Crippen molar-refractivity contribution in [2.75, 3.05) is 11.9 Å². The van der Waals surface area contributed by atoms with Gasteiger partial charge in [-0.1, -0.05) is 6.92 Å². The molecule has 0 bridgehead atoms. The zero-order chi connectivity index (χ0) is 11.7. The third-order valence-electron chi connectivity index (χ3n) is 3.26. The second-order valence-electron chi connectivity index (χ2n) is 4.77. The number of aromatic nitrogens is 1. The van der Waals surface area contributed by atoms with Crippen molar-refractivity contribution in [3.05, 3.63) is 22.9 Å². The summed E-state index contributed by atoms with van der Waals surface area (Å²) in [5, 5.41) is 12.4. The molecule has 1 aliphatic carbocycles. The van der Waals surface area contributed by atoms with Crippen molar-refractivity contribution in [1.29, 1.82) is 5.26 Å². The van der Waals surface area contributed by atoms with E-state index < -0.39 is 0 Å². The first-order valence-electron chi connectivity index (χ1n) is 5.74. The smallest absolute Gasteiger partial charge is 0.144 e. The van der Waals surface area contributed by atoms with Gasteiger partial charge in [-0.3, -0.25) is 0 Å². The van der Waals surface area contributed by atoms with Gasteiger partial charge in [0.25, 0.3) is 0 Å². The van der Waals surface area contributed by atoms with E-state index in [4.69, 9.17) is 5.26 Å². The number of rotatable bonds is 3. The summed E-state index contributed by atoms with van der Waals surface area (Å²) in [7, 11) is 0. The van der Waals surface area contributed by atoms with E-state index in [1.807, 2.05) is 19.9 Å². The van der Waals surface area contributed by atoms with Crippen molar-refractivity contribution in [3.8, 4) is 6.07 Å². The zero-order valence-corrected chi connectivity index (χ0v) is 10.0. The molecule has 3 nitrogen and oxygen atoms in total. The summed E-state index contributed by atoms with van der Waals surface area (Å²) in [6, 6.07) is 4.17. The van der Waals surface area contributed by atoms with Gasteiger partial charge in [0.1, 0.15) is 11.9 Å². The Bertz CT molecular complexity index is 445. The number of pyridine rings is 1. The molecule has 84 valence electrons. The molecular weight excluding hydrogens is 198 g/mol. The number of anilines is 1. The maximum Gasteiger partial charge on any atom is 0.144 e. The Morgan fingerprint density at radius 3 is 2.81 bits per heavy atom. The molecule has 0 amide bonds. The Morgan fingerprint density at radius 2 is 2.25 bits per heavy atom. The molecule has 2 atom stereocenters. The fourth-order valence-electron chi connectivity index (χ4n) is 2.02. The van der Waals surface area contributed by atoms with Crippen LogP contribution in [0.5, 0.6) is 0 Å². The largest absolute Gasteiger partial charge is 0.369 e. The highest BCUT2D eigenvalue weighted by atomic mass is 15.0. The lowest BCUT2D eigenvalue weighted by atomic mass is 10.1. The first kappa shape index (κ1) is 10.9. The van der Waals surface area contributed by atoms with Crippen molar-refractivity contribution in [2.45, 2.75) is 27.2 Å². The molecule has 1 aromatic rings. The van der Waals surface area contributed by atoms with Crippen LogP contribution < -0.4 is 5.32 Å². The lowest BCUT2D eigenvalue weighted by Gasteiger charge is -2.09. The van der Waals surface area contributed by atoms with E-state index >= 15 is 0 Å². The van der Waals surface area contributed by atoms with Gasteiger partial charge in [-0.15, -0.1) is 0 Å². The summed E-state index contributed by atoms with van der Waals surface area (Å²) in [6.07, 6.45) is 1.29. The molecule has 0 saturated heterocycles. The van der Waals surface area contributed by atoms with Crippen LogP contribution in [0.15, 0.2) is 6.07 Å². The molecular formula is C13H17N3. The highest BCUT2D eigenvalue weighted by Crippen LogP contribution is 2.37. The summed E-state index contributed by atoms with van der Waals surface area (Å²) in [5.74, 6) is 2.33. The van der Waals surface area contributed by atoms with Gasteiger partial charge < -0.3 is 5.32 Å². The minimum Gasteiger partial charge on any atom is -0.369 e. The molecule has 2 rings (SSSR count). The van der Waals surface area contributed by atoms with Gasteiger partial charge in [-0.25, -0.2) is 4.98 Å². The maximum absolute atomic E-state index is 9.09. The van der Waals surface area contributed by atoms with Crippen LogP contribution in [-0.2, 0) is 0 Å². The van der Waals surface area contributed by atoms with Crippen LogP contribution in [0.3, 0.4) is 0 Å². The van der Waals surface area contributed by atoms with Crippen molar-refractivity contribution in [1.82, 2.24) is 4.98 Å². The van der Waals surface area contributed by atoms with Crippen LogP contribution in [0, 0.1) is 37.0 Å². The second kappa shape index (κ2) is 4.13. The molecule has 0 radical (unpaired) electrons. The Morgan fingerprint density at radius 1 is 1.56 bits per heavy atom. The Hall–Kier alpha value is -1.56. The first-order chi connectivity index (χ1) is 7.61. The van der Waals surface area contributed by atoms with Crippen molar-refractivity contribution >= 4 is 5.82 Å². The van der Waals surface area contributed by atoms with Crippen molar-refractivity contribution in [3.63, 3.8) is 0 Å². The number of aryl methyl sites for hydroxylation is 2. The Kier molecular flexibility index (Phi) is 2.82. The highest BCUT2D eigenvalue weighted by molar-refractivity contribution is 5.56. The fraction of sp³-hybridized carbons (Fsp3) is 0.538. The molecule has 16 heavy (non-hydrogen) atoms. The minimum absolute atomic E-state index is 0.680. The zero-order valence-electron chi connectivity index (χ0n) is 10.0. The third kappa shape index (κ3) is 2.16. The summed E-state index contributed by atoms with van der Waals surface area (Å²) in [4.78, 5) is 4.40. The van der Waals surface area contributed by atoms with Gasteiger partial charge in [0.2, 0.25) is 0 Å². The number of hydrogen-bond acceptors (Lipinski definition) is 3. The third-order valence-corrected chi connectivity index (χ3v) is 3.26. The van der Waals surface area contributed by atoms with Gasteiger partial charge in [0.05, 0.1) is 5.56 Å². The summed E-state index contributed by atoms with van der Waals surface area (Å²) in [5.41, 5.74) is 2.64. The molecule has 1 N–H and O–H groups in total. The van der Waals surface area contributed by atoms with E-state index in [1.54, 1.807) is 0 Å². The van der Waals surface area contributed by atoms with E-state index in [1.165, 1.54) is 6.42 Å². The molecule has 3 heteroatoms. The monoisotopic (exact) mass is 215 g/mol. The topological polar surface area (TPSA) is 48.7 Å². The summed E-state index contributed by atoms with van der Waals surface area (Å²) >= 11 is 0. The van der Waals surface area contributed by atoms with Gasteiger partial charge in [0, 0.05) is 12.2 Å². The maximum atomic E-state index is 9.09. The quantitative estimate of drug-likeness (QED) is 0.843. The average Bonchev–Trinajstić information content (AvgIpc) is 2.91. The summed E-state index contributed by atoms with van der Waals surface area (Å²) in [6.45, 7) is 7.11. The SMILES string of the molecule is Cc1cc(C)c(C#N)c(NCC2CC2C)n1. The molecule has 1 aromatic heterocycles. The van der Waals surface area contributed by atoms with E-state index in [9.17, 15) is 0 Å². The number of nitriles is 1. The van der Waals surface area contributed by atoms with Gasteiger partial charge in [-0.05, 0) is 43.7 Å². The van der Waals surface area contributed by atoms with Crippen LogP contribution in [-0.4, -0.2) is 11.5 Å². The van der Waals surface area contributed by atoms with Crippen LogP contribution in [0.4, 0.5) is 5.82 Å². The lowest BCUT2D eigenvalue weighted by Crippen LogP contribution is -2.09. The van der Waals surface area contributed by atoms with Crippen molar-refractivity contribution in [2.24, 2.45) is 11.8 Å². The number of hydrogen-bond donors (Lipinski definition) is 1. The molecule has 1 heterocycles. The standard InChI is InChI=1S/C13H17N3/c1-8-5-11(8)7-15-13-12(6-14)9(2)4-10(3)16-13/h4,8,11H,5,7H2,1-3H3,(H,15,16). The predicted octanol–water partition coefficient (Wildman–Crippen LogP) is 2.64. The summed E-state index contributed by atoms with van der Waals surface area (Å²) < 4.78 is 0. The molecule has 0 spiro atoms. The normalized spacial score (nSPS) is 22.6. The van der Waals surface area contributed by atoms with Gasteiger partial charge >= 0.3 is 0 Å². The molecule has 1 aliphatic rings. The van der Waals surface area contributed by atoms with E-state index in [0.29, 0.717) is 5.56 Å². The lowest BCUT2D eigenvalue weighted by molar-refractivity contribution is 0.783. The first-order valence-corrected chi connectivity index (χ1v) is 5.74. The van der Waals surface area contributed by atoms with Crippen LogP contribution >= 0.6 is 0 Å². The minimum atomic E-state index is 0.680. The predicted molar refractivity (Wildman–Crippen MR) is 64.2 cm³/mol. The molecule has 0 aliphatic heterocycles. The van der Waals surface area contributed by atoms with Gasteiger partial charge in [0.15, 0.2) is 0 Å². The van der Waals surface area contributed by atoms with E-state index in [0.717, 1.165) is 35.5 Å². The molecule has 1 saturated carbocycles. The van der Waals surface area contributed by atoms with Crippen molar-refractivity contribution < 1.29 is 0 Å². The average molecular weight is 215 g/mol. The molecule has 2 unspecified atom stereocenters. The Balaban J connectivity index is 2.15. The fourth-order valence-corrected chi connectivity index (χ4v) is 2.02. The number of nitrogens with zero attached hydrogens (tertiary/aromatic N) is 2. The van der Waals surface area contributed by atoms with Crippen LogP contribution in [0.25, 0.3) is 0 Å².